The smallest absolute Gasteiger partial charge is 0.252 e. The van der Waals surface area contributed by atoms with Crippen molar-refractivity contribution in [3.05, 3.63) is 47.9 Å². The van der Waals surface area contributed by atoms with E-state index in [-0.39, 0.29) is 11.9 Å². The maximum atomic E-state index is 12.2. The molecule has 3 aromatic rings. The highest BCUT2D eigenvalue weighted by atomic mass is 16.1. The van der Waals surface area contributed by atoms with Crippen LogP contribution in [0.4, 0.5) is 5.95 Å². The summed E-state index contributed by atoms with van der Waals surface area (Å²) in [5.41, 5.74) is 6.82. The first-order chi connectivity index (χ1) is 10.2. The molecule has 7 nitrogen and oxygen atoms in total. The molecule has 0 aliphatic carbocycles. The predicted octanol–water partition coefficient (Wildman–Crippen LogP) is 0.908. The van der Waals surface area contributed by atoms with Gasteiger partial charge in [0.25, 0.3) is 5.91 Å². The quantitative estimate of drug-likeness (QED) is 0.659. The van der Waals surface area contributed by atoms with Gasteiger partial charge < -0.3 is 11.1 Å². The van der Waals surface area contributed by atoms with Gasteiger partial charge in [-0.1, -0.05) is 18.2 Å². The first-order valence-electron chi connectivity index (χ1n) is 6.53. The Bertz CT molecular complexity index is 776. The minimum atomic E-state index is -0.138. The molecule has 0 spiro atoms. The maximum absolute atomic E-state index is 12.2. The number of rotatable bonds is 4. The molecule has 0 aliphatic rings. The van der Waals surface area contributed by atoms with Crippen molar-refractivity contribution >= 4 is 22.8 Å². The average Bonchev–Trinajstić information content (AvgIpc) is 2.92. The van der Waals surface area contributed by atoms with Gasteiger partial charge in [0.2, 0.25) is 5.95 Å². The summed E-state index contributed by atoms with van der Waals surface area (Å²) in [5.74, 6) is 0.713. The number of fused-ring (bicyclic) bond motifs is 1. The molecule has 0 unspecified atom stereocenters. The number of nitrogens with zero attached hydrogens (tertiary/aromatic N) is 3. The van der Waals surface area contributed by atoms with Gasteiger partial charge in [-0.15, -0.1) is 5.10 Å². The zero-order chi connectivity index (χ0) is 14.7. The van der Waals surface area contributed by atoms with Crippen molar-refractivity contribution in [1.82, 2.24) is 25.5 Å². The molecule has 4 N–H and O–H groups in total. The van der Waals surface area contributed by atoms with Crippen molar-refractivity contribution in [1.29, 1.82) is 0 Å². The fourth-order valence-corrected chi connectivity index (χ4v) is 2.11. The second kappa shape index (κ2) is 5.58. The number of nitrogens with two attached hydrogens (primary N) is 1. The third-order valence-corrected chi connectivity index (χ3v) is 3.09. The van der Waals surface area contributed by atoms with Gasteiger partial charge in [-0.25, -0.2) is 0 Å². The fourth-order valence-electron chi connectivity index (χ4n) is 2.11. The maximum Gasteiger partial charge on any atom is 0.252 e. The minimum Gasteiger partial charge on any atom is -0.367 e. The molecule has 0 saturated heterocycles. The molecular weight excluding hydrogens is 268 g/mol. The van der Waals surface area contributed by atoms with E-state index in [4.69, 9.17) is 5.73 Å². The van der Waals surface area contributed by atoms with E-state index >= 15 is 0 Å². The minimum absolute atomic E-state index is 0.138. The van der Waals surface area contributed by atoms with Crippen LogP contribution in [0, 0.1) is 0 Å². The Morgan fingerprint density at radius 3 is 2.95 bits per heavy atom. The van der Waals surface area contributed by atoms with Crippen LogP contribution in [0.2, 0.25) is 0 Å². The molecule has 2 aromatic heterocycles. The molecule has 7 heteroatoms. The van der Waals surface area contributed by atoms with Crippen molar-refractivity contribution < 1.29 is 4.79 Å². The van der Waals surface area contributed by atoms with E-state index in [0.717, 1.165) is 10.9 Å². The SMILES string of the molecule is Nc1n[nH]c(CCNC(=O)c2ccnc3ccccc23)n1. The van der Waals surface area contributed by atoms with E-state index in [0.29, 0.717) is 24.4 Å². The van der Waals surface area contributed by atoms with Gasteiger partial charge in [0, 0.05) is 24.5 Å². The molecule has 21 heavy (non-hydrogen) atoms. The lowest BCUT2D eigenvalue weighted by Crippen LogP contribution is -2.26. The van der Waals surface area contributed by atoms with Crippen molar-refractivity contribution in [3.63, 3.8) is 0 Å². The third kappa shape index (κ3) is 2.81. The lowest BCUT2D eigenvalue weighted by atomic mass is 10.1. The molecule has 1 amide bonds. The van der Waals surface area contributed by atoms with Gasteiger partial charge in [-0.3, -0.25) is 14.9 Å². The predicted molar refractivity (Wildman–Crippen MR) is 78.6 cm³/mol. The van der Waals surface area contributed by atoms with Gasteiger partial charge in [0.05, 0.1) is 11.1 Å². The Morgan fingerprint density at radius 1 is 1.29 bits per heavy atom. The second-order valence-corrected chi connectivity index (χ2v) is 4.52. The summed E-state index contributed by atoms with van der Waals surface area (Å²) in [5, 5.41) is 10.1. The largest absolute Gasteiger partial charge is 0.367 e. The number of carbonyl (C=O) groups is 1. The lowest BCUT2D eigenvalue weighted by Gasteiger charge is -2.06. The van der Waals surface area contributed by atoms with E-state index in [2.05, 4.69) is 25.5 Å². The fraction of sp³-hybridized carbons (Fsp3) is 0.143. The molecule has 0 bridgehead atoms. The number of nitrogen functional groups attached to an aromatic ring is 1. The van der Waals surface area contributed by atoms with Crippen LogP contribution in [0.3, 0.4) is 0 Å². The van der Waals surface area contributed by atoms with Crippen LogP contribution < -0.4 is 11.1 Å². The number of aromatic nitrogens is 4. The van der Waals surface area contributed by atoms with E-state index < -0.39 is 0 Å². The molecule has 3 rings (SSSR count). The Hall–Kier alpha value is -2.96. The lowest BCUT2D eigenvalue weighted by molar-refractivity contribution is 0.0955. The highest BCUT2D eigenvalue weighted by Crippen LogP contribution is 2.15. The second-order valence-electron chi connectivity index (χ2n) is 4.52. The monoisotopic (exact) mass is 282 g/mol. The van der Waals surface area contributed by atoms with Gasteiger partial charge in [0.1, 0.15) is 5.82 Å². The summed E-state index contributed by atoms with van der Waals surface area (Å²) in [6.07, 6.45) is 2.17. The highest BCUT2D eigenvalue weighted by molar-refractivity contribution is 6.05. The van der Waals surface area contributed by atoms with Crippen LogP contribution in [0.5, 0.6) is 0 Å². The van der Waals surface area contributed by atoms with E-state index in [1.54, 1.807) is 12.3 Å². The molecule has 106 valence electrons. The van der Waals surface area contributed by atoms with Crippen molar-refractivity contribution in [2.45, 2.75) is 6.42 Å². The molecule has 0 radical (unpaired) electrons. The summed E-state index contributed by atoms with van der Waals surface area (Å²) in [4.78, 5) is 20.5. The van der Waals surface area contributed by atoms with E-state index in [1.165, 1.54) is 0 Å². The normalized spacial score (nSPS) is 10.7. The van der Waals surface area contributed by atoms with E-state index in [9.17, 15) is 4.79 Å². The van der Waals surface area contributed by atoms with Crippen molar-refractivity contribution in [2.24, 2.45) is 0 Å². The summed E-state index contributed by atoms with van der Waals surface area (Å²) in [7, 11) is 0. The summed E-state index contributed by atoms with van der Waals surface area (Å²) >= 11 is 0. The average molecular weight is 282 g/mol. The zero-order valence-corrected chi connectivity index (χ0v) is 11.2. The third-order valence-electron chi connectivity index (χ3n) is 3.09. The molecule has 2 heterocycles. The van der Waals surface area contributed by atoms with Crippen LogP contribution in [0.1, 0.15) is 16.2 Å². The topological polar surface area (TPSA) is 110 Å². The van der Waals surface area contributed by atoms with Gasteiger partial charge in [0.15, 0.2) is 0 Å². The Kier molecular flexibility index (Phi) is 3.46. The summed E-state index contributed by atoms with van der Waals surface area (Å²) in [6.45, 7) is 0.449. The van der Waals surface area contributed by atoms with Gasteiger partial charge >= 0.3 is 0 Å². The highest BCUT2D eigenvalue weighted by Gasteiger charge is 2.10. The number of anilines is 1. The standard InChI is InChI=1S/C14H14N6O/c15-14-18-12(19-20-14)6-8-17-13(21)10-5-7-16-11-4-2-1-3-9(10)11/h1-5,7H,6,8H2,(H,17,21)(H3,15,18,19,20). The molecule has 1 aromatic carbocycles. The molecule has 0 aliphatic heterocycles. The van der Waals surface area contributed by atoms with E-state index in [1.807, 2.05) is 24.3 Å². The van der Waals surface area contributed by atoms with Crippen molar-refractivity contribution in [2.75, 3.05) is 12.3 Å². The van der Waals surface area contributed by atoms with Gasteiger partial charge in [-0.05, 0) is 12.1 Å². The van der Waals surface area contributed by atoms with Crippen LogP contribution in [0.15, 0.2) is 36.5 Å². The molecular formula is C14H14N6O. The molecule has 0 saturated carbocycles. The van der Waals surface area contributed by atoms with Crippen molar-refractivity contribution in [3.8, 4) is 0 Å². The Morgan fingerprint density at radius 2 is 2.14 bits per heavy atom. The van der Waals surface area contributed by atoms with Crippen LogP contribution in [-0.2, 0) is 6.42 Å². The number of carbonyl (C=O) groups excluding carboxylic acids is 1. The van der Waals surface area contributed by atoms with Gasteiger partial charge in [-0.2, -0.15) is 4.98 Å². The first kappa shape index (κ1) is 13.0. The number of benzene rings is 1. The Labute approximate surface area is 120 Å². The number of aromatic amines is 1. The Balaban J connectivity index is 1.69. The number of hydrogen-bond donors (Lipinski definition) is 3. The van der Waals surface area contributed by atoms with Crippen LogP contribution >= 0.6 is 0 Å². The number of para-hydroxylation sites is 1. The number of amides is 1. The number of nitrogens with one attached hydrogen (secondary N) is 2. The van der Waals surface area contributed by atoms with Crippen LogP contribution in [0.25, 0.3) is 10.9 Å². The molecule has 0 atom stereocenters. The zero-order valence-electron chi connectivity index (χ0n) is 11.2. The number of H-pyrrole nitrogens is 1. The number of pyridine rings is 1. The molecule has 0 fully saturated rings. The summed E-state index contributed by atoms with van der Waals surface area (Å²) in [6, 6.07) is 9.26. The first-order valence-corrected chi connectivity index (χ1v) is 6.53. The van der Waals surface area contributed by atoms with Crippen LogP contribution in [-0.4, -0.2) is 32.6 Å². The number of hydrogen-bond acceptors (Lipinski definition) is 5. The summed E-state index contributed by atoms with van der Waals surface area (Å²) < 4.78 is 0.